The zero-order chi connectivity index (χ0) is 13.7. The van der Waals surface area contributed by atoms with Crippen LogP contribution in [0.4, 0.5) is 8.78 Å². The summed E-state index contributed by atoms with van der Waals surface area (Å²) in [4.78, 5) is 11.4. The van der Waals surface area contributed by atoms with Crippen molar-refractivity contribution in [2.75, 3.05) is 20.4 Å². The van der Waals surface area contributed by atoms with Gasteiger partial charge in [0.1, 0.15) is 6.16 Å². The van der Waals surface area contributed by atoms with Gasteiger partial charge in [0.25, 0.3) is 0 Å². The number of carbonyl (C=O) groups is 1. The number of rotatable bonds is 8. The maximum absolute atomic E-state index is 13.5. The second kappa shape index (κ2) is 6.57. The number of hydrogen-bond donors (Lipinski definition) is 0. The van der Waals surface area contributed by atoms with Crippen molar-refractivity contribution < 1.29 is 27.2 Å². The third kappa shape index (κ3) is 5.23. The van der Waals surface area contributed by atoms with E-state index < -0.39 is 31.9 Å². The number of Topliss-reactive ketones (excluding diaryl/α,β-unsaturated/α-hetero) is 1. The molecule has 0 aromatic carbocycles. The number of halogens is 2. The van der Waals surface area contributed by atoms with Crippen LogP contribution in [-0.2, 0) is 18.4 Å². The van der Waals surface area contributed by atoms with E-state index in [0.717, 1.165) is 14.2 Å². The normalized spacial score (nSPS) is 14.7. The van der Waals surface area contributed by atoms with Crippen molar-refractivity contribution in [2.24, 2.45) is 5.92 Å². The molecule has 0 spiro atoms. The van der Waals surface area contributed by atoms with Crippen molar-refractivity contribution in [1.82, 2.24) is 0 Å². The highest BCUT2D eigenvalue weighted by Crippen LogP contribution is 2.47. The Bertz CT molecular complexity index is 299. The summed E-state index contributed by atoms with van der Waals surface area (Å²) in [7, 11) is -1.60. The van der Waals surface area contributed by atoms with Gasteiger partial charge >= 0.3 is 13.5 Å². The Balaban J connectivity index is 4.64. The number of ketones is 1. The molecule has 0 aliphatic carbocycles. The Kier molecular flexibility index (Phi) is 6.45. The Hall–Kier alpha value is -0.320. The van der Waals surface area contributed by atoms with E-state index in [-0.39, 0.29) is 5.92 Å². The lowest BCUT2D eigenvalue weighted by atomic mass is 9.98. The van der Waals surface area contributed by atoms with Gasteiger partial charge in [-0.25, -0.2) is 0 Å². The van der Waals surface area contributed by atoms with Crippen molar-refractivity contribution >= 4 is 13.4 Å². The highest BCUT2D eigenvalue weighted by Gasteiger charge is 2.43. The van der Waals surface area contributed by atoms with Gasteiger partial charge in [0.2, 0.25) is 5.78 Å². The van der Waals surface area contributed by atoms with Gasteiger partial charge < -0.3 is 9.05 Å². The fraction of sp³-hybridized carbons (Fsp3) is 0.900. The molecule has 0 amide bonds. The van der Waals surface area contributed by atoms with Crippen molar-refractivity contribution in [3.8, 4) is 0 Å². The molecule has 0 unspecified atom stereocenters. The smallest absolute Gasteiger partial charge is 0.312 e. The Morgan fingerprint density at radius 3 is 2.18 bits per heavy atom. The minimum atomic E-state index is -3.72. The second-order valence-electron chi connectivity index (χ2n) is 3.98. The lowest BCUT2D eigenvalue weighted by Crippen LogP contribution is -2.33. The van der Waals surface area contributed by atoms with E-state index in [0.29, 0.717) is 6.42 Å². The molecule has 0 saturated heterocycles. The summed E-state index contributed by atoms with van der Waals surface area (Å²) >= 11 is 0. The molecule has 17 heavy (non-hydrogen) atoms. The zero-order valence-electron chi connectivity index (χ0n) is 10.5. The molecule has 0 radical (unpaired) electrons. The summed E-state index contributed by atoms with van der Waals surface area (Å²) in [6.07, 6.45) is -0.895. The van der Waals surface area contributed by atoms with Crippen LogP contribution in [0.3, 0.4) is 0 Å². The summed E-state index contributed by atoms with van der Waals surface area (Å²) < 4.78 is 47.4. The molecule has 0 bridgehead atoms. The predicted molar refractivity (Wildman–Crippen MR) is 60.5 cm³/mol. The molecule has 4 nitrogen and oxygen atoms in total. The fourth-order valence-electron chi connectivity index (χ4n) is 1.19. The average molecular weight is 272 g/mol. The van der Waals surface area contributed by atoms with Gasteiger partial charge in [-0.15, -0.1) is 0 Å². The molecule has 1 atom stereocenters. The first-order valence-electron chi connectivity index (χ1n) is 5.32. The quantitative estimate of drug-likeness (QED) is 0.637. The van der Waals surface area contributed by atoms with Crippen LogP contribution in [0.15, 0.2) is 0 Å². The van der Waals surface area contributed by atoms with E-state index >= 15 is 0 Å². The van der Waals surface area contributed by atoms with Gasteiger partial charge in [-0.05, 0) is 5.92 Å². The summed E-state index contributed by atoms with van der Waals surface area (Å²) in [6.45, 7) is 3.40. The van der Waals surface area contributed by atoms with Crippen molar-refractivity contribution in [1.29, 1.82) is 0 Å². The highest BCUT2D eigenvalue weighted by molar-refractivity contribution is 7.54. The molecule has 0 rings (SSSR count). The van der Waals surface area contributed by atoms with Crippen LogP contribution < -0.4 is 0 Å². The van der Waals surface area contributed by atoms with Crippen LogP contribution >= 0.6 is 7.60 Å². The number of hydrogen-bond acceptors (Lipinski definition) is 4. The van der Waals surface area contributed by atoms with E-state index in [1.807, 2.05) is 0 Å². The zero-order valence-corrected chi connectivity index (χ0v) is 11.4. The lowest BCUT2D eigenvalue weighted by molar-refractivity contribution is -0.142. The number of carbonyl (C=O) groups excluding carboxylic acids is 1. The number of alkyl halides is 2. The highest BCUT2D eigenvalue weighted by atomic mass is 31.2. The summed E-state index contributed by atoms with van der Waals surface area (Å²) in [5, 5.41) is 0. The average Bonchev–Trinajstić information content (AvgIpc) is 2.28. The van der Waals surface area contributed by atoms with Gasteiger partial charge in [-0.3, -0.25) is 9.36 Å². The van der Waals surface area contributed by atoms with Crippen LogP contribution in [0, 0.1) is 5.92 Å². The minimum Gasteiger partial charge on any atom is -0.312 e. The molecule has 0 aliphatic heterocycles. The molecule has 0 N–H and O–H groups in total. The lowest BCUT2D eigenvalue weighted by Gasteiger charge is -2.20. The standard InChI is InChI=1S/C10H19F2O4P/c1-5-8(2)6-10(11,12)9(13)7-17(14,15-3)16-4/h8H,5-7H2,1-4H3/t8-/m1/s1. The van der Waals surface area contributed by atoms with Crippen molar-refractivity contribution in [2.45, 2.75) is 32.6 Å². The molecule has 0 aromatic heterocycles. The minimum absolute atomic E-state index is 0.279. The molecule has 0 heterocycles. The van der Waals surface area contributed by atoms with Crippen molar-refractivity contribution in [3.63, 3.8) is 0 Å². The Morgan fingerprint density at radius 2 is 1.82 bits per heavy atom. The summed E-state index contributed by atoms with van der Waals surface area (Å²) in [5.74, 6) is -5.16. The van der Waals surface area contributed by atoms with Crippen molar-refractivity contribution in [3.05, 3.63) is 0 Å². The summed E-state index contributed by atoms with van der Waals surface area (Å²) in [6, 6.07) is 0. The summed E-state index contributed by atoms with van der Waals surface area (Å²) in [5.41, 5.74) is 0. The molecule has 0 saturated carbocycles. The van der Waals surface area contributed by atoms with Crippen LogP contribution in [0.2, 0.25) is 0 Å². The first-order chi connectivity index (χ1) is 7.70. The van der Waals surface area contributed by atoms with Crippen LogP contribution in [0.1, 0.15) is 26.7 Å². The molecule has 0 aromatic rings. The Labute approximate surface area is 100 Å². The predicted octanol–water partition coefficient (Wildman–Crippen LogP) is 3.11. The van der Waals surface area contributed by atoms with Gasteiger partial charge in [-0.1, -0.05) is 20.3 Å². The molecule has 102 valence electrons. The largest absolute Gasteiger partial charge is 0.337 e. The van der Waals surface area contributed by atoms with E-state index in [2.05, 4.69) is 9.05 Å². The molecule has 0 fully saturated rings. The monoisotopic (exact) mass is 272 g/mol. The van der Waals surface area contributed by atoms with Crippen LogP contribution in [-0.4, -0.2) is 32.1 Å². The van der Waals surface area contributed by atoms with Crippen LogP contribution in [0.25, 0.3) is 0 Å². The molecule has 0 aliphatic rings. The third-order valence-electron chi connectivity index (χ3n) is 2.60. The van der Waals surface area contributed by atoms with Gasteiger partial charge in [0, 0.05) is 20.6 Å². The molecule has 7 heteroatoms. The van der Waals surface area contributed by atoms with E-state index in [9.17, 15) is 18.1 Å². The molecular weight excluding hydrogens is 253 g/mol. The fourth-order valence-corrected chi connectivity index (χ4v) is 2.18. The SMILES string of the molecule is CC[C@@H](C)CC(F)(F)C(=O)CP(=O)(OC)OC. The first kappa shape index (κ1) is 16.7. The first-order valence-corrected chi connectivity index (χ1v) is 7.05. The molecular formula is C10H19F2O4P. The van der Waals surface area contributed by atoms with E-state index in [1.54, 1.807) is 13.8 Å². The second-order valence-corrected chi connectivity index (χ2v) is 6.25. The van der Waals surface area contributed by atoms with E-state index in [1.165, 1.54) is 0 Å². The maximum atomic E-state index is 13.5. The van der Waals surface area contributed by atoms with Crippen LogP contribution in [0.5, 0.6) is 0 Å². The van der Waals surface area contributed by atoms with Gasteiger partial charge in [-0.2, -0.15) is 8.78 Å². The topological polar surface area (TPSA) is 52.6 Å². The third-order valence-corrected chi connectivity index (χ3v) is 4.39. The van der Waals surface area contributed by atoms with Gasteiger partial charge in [0.15, 0.2) is 0 Å². The Morgan fingerprint density at radius 1 is 1.35 bits per heavy atom. The van der Waals surface area contributed by atoms with E-state index in [4.69, 9.17) is 0 Å². The van der Waals surface area contributed by atoms with Gasteiger partial charge in [0.05, 0.1) is 0 Å². The maximum Gasteiger partial charge on any atom is 0.337 e.